The van der Waals surface area contributed by atoms with Gasteiger partial charge in [0.05, 0.1) is 5.52 Å². The van der Waals surface area contributed by atoms with Gasteiger partial charge < -0.3 is 10.3 Å². The normalized spacial score (nSPS) is 13.6. The fourth-order valence-electron chi connectivity index (χ4n) is 2.29. The third kappa shape index (κ3) is 1.63. The van der Waals surface area contributed by atoms with Crippen LogP contribution in [0.4, 0.5) is 0 Å². The van der Waals surface area contributed by atoms with Crippen molar-refractivity contribution < 1.29 is 0 Å². The summed E-state index contributed by atoms with van der Waals surface area (Å²) >= 11 is 0. The van der Waals surface area contributed by atoms with E-state index >= 15 is 0 Å². The van der Waals surface area contributed by atoms with Crippen LogP contribution in [0, 0.1) is 6.92 Å². The number of aromatic nitrogens is 1. The second-order valence-corrected chi connectivity index (χ2v) is 4.85. The topological polar surface area (TPSA) is 30.9 Å². The van der Waals surface area contributed by atoms with E-state index in [0.717, 1.165) is 0 Å². The number of rotatable bonds is 2. The molecule has 0 bridgehead atoms. The van der Waals surface area contributed by atoms with E-state index in [2.05, 4.69) is 49.7 Å². The zero-order valence-corrected chi connectivity index (χ0v) is 10.5. The molecule has 2 N–H and O–H groups in total. The predicted octanol–water partition coefficient (Wildman–Crippen LogP) is 3.55. The van der Waals surface area contributed by atoms with Crippen LogP contribution >= 0.6 is 0 Å². The lowest BCUT2D eigenvalue weighted by Gasteiger charge is -2.14. The maximum atomic E-state index is 6.04. The van der Waals surface area contributed by atoms with Crippen molar-refractivity contribution in [2.75, 3.05) is 0 Å². The number of hydrogen-bond acceptors (Lipinski definition) is 1. The minimum Gasteiger partial charge on any atom is -0.344 e. The van der Waals surface area contributed by atoms with E-state index in [1.165, 1.54) is 22.0 Å². The molecule has 1 atom stereocenters. The van der Waals surface area contributed by atoms with Gasteiger partial charge in [-0.05, 0) is 38.8 Å². The Kier molecular flexibility index (Phi) is 2.76. The molecule has 86 valence electrons. The Labute approximate surface area is 97.1 Å². The summed E-state index contributed by atoms with van der Waals surface area (Å²) in [6.45, 7) is 8.61. The third-order valence-corrected chi connectivity index (χ3v) is 3.13. The third-order valence-electron chi connectivity index (χ3n) is 3.13. The Morgan fingerprint density at radius 2 is 1.88 bits per heavy atom. The average molecular weight is 216 g/mol. The zero-order chi connectivity index (χ0) is 11.9. The zero-order valence-electron chi connectivity index (χ0n) is 10.5. The van der Waals surface area contributed by atoms with E-state index in [0.29, 0.717) is 6.04 Å². The molecule has 0 radical (unpaired) electrons. The highest BCUT2D eigenvalue weighted by Crippen LogP contribution is 2.29. The van der Waals surface area contributed by atoms with Gasteiger partial charge in [-0.1, -0.05) is 18.2 Å². The van der Waals surface area contributed by atoms with Gasteiger partial charge in [0.1, 0.15) is 0 Å². The molecule has 0 saturated carbocycles. The Morgan fingerprint density at radius 1 is 1.19 bits per heavy atom. The highest BCUT2D eigenvalue weighted by atomic mass is 15.0. The number of fused-ring (bicyclic) bond motifs is 1. The summed E-state index contributed by atoms with van der Waals surface area (Å²) in [5.41, 5.74) is 9.90. The highest BCUT2D eigenvalue weighted by molar-refractivity contribution is 5.87. The molecule has 0 spiro atoms. The van der Waals surface area contributed by atoms with Gasteiger partial charge in [-0.15, -0.1) is 0 Å². The van der Waals surface area contributed by atoms with Crippen LogP contribution in [0.3, 0.4) is 0 Å². The molecule has 0 fully saturated rings. The van der Waals surface area contributed by atoms with Crippen LogP contribution in [0.25, 0.3) is 10.9 Å². The molecule has 1 aromatic heterocycles. The summed E-state index contributed by atoms with van der Waals surface area (Å²) in [6, 6.07) is 6.95. The van der Waals surface area contributed by atoms with Crippen LogP contribution in [-0.4, -0.2) is 4.57 Å². The minimum absolute atomic E-state index is 0.0792. The smallest absolute Gasteiger partial charge is 0.0533 e. The molecule has 1 unspecified atom stereocenters. The molecule has 1 heterocycles. The van der Waals surface area contributed by atoms with Crippen molar-refractivity contribution in [3.63, 3.8) is 0 Å². The second kappa shape index (κ2) is 3.95. The largest absolute Gasteiger partial charge is 0.344 e. The number of nitrogens with zero attached hydrogens (tertiary/aromatic N) is 1. The molecule has 2 nitrogen and oxygen atoms in total. The highest BCUT2D eigenvalue weighted by Gasteiger charge is 2.13. The molecule has 0 amide bonds. The van der Waals surface area contributed by atoms with Crippen LogP contribution in [0.15, 0.2) is 24.4 Å². The van der Waals surface area contributed by atoms with Crippen molar-refractivity contribution in [1.29, 1.82) is 0 Å². The molecule has 0 aliphatic heterocycles. The van der Waals surface area contributed by atoms with Crippen molar-refractivity contribution in [2.45, 2.75) is 39.8 Å². The summed E-state index contributed by atoms with van der Waals surface area (Å²) in [6.07, 6.45) is 2.22. The lowest BCUT2D eigenvalue weighted by Crippen LogP contribution is -2.08. The van der Waals surface area contributed by atoms with Gasteiger partial charge in [-0.2, -0.15) is 0 Å². The standard InChI is InChI=1S/C14H20N2/c1-9(2)16-8-10(3)12-6-5-7-13(11(4)15)14(12)16/h5-9,11H,15H2,1-4H3. The monoisotopic (exact) mass is 216 g/mol. The lowest BCUT2D eigenvalue weighted by molar-refractivity contribution is 0.618. The predicted molar refractivity (Wildman–Crippen MR) is 69.7 cm³/mol. The Bertz CT molecular complexity index is 507. The molecule has 1 aromatic carbocycles. The van der Waals surface area contributed by atoms with Gasteiger partial charge in [0.2, 0.25) is 0 Å². The Balaban J connectivity index is 2.83. The van der Waals surface area contributed by atoms with E-state index in [9.17, 15) is 0 Å². The van der Waals surface area contributed by atoms with Crippen LogP contribution in [0.2, 0.25) is 0 Å². The second-order valence-electron chi connectivity index (χ2n) is 4.85. The molecule has 2 heteroatoms. The summed E-state index contributed by atoms with van der Waals surface area (Å²) in [5.74, 6) is 0. The first kappa shape index (κ1) is 11.2. The molecular formula is C14H20N2. The van der Waals surface area contributed by atoms with Crippen molar-refractivity contribution >= 4 is 10.9 Å². The minimum atomic E-state index is 0.0792. The van der Waals surface area contributed by atoms with Crippen molar-refractivity contribution in [3.05, 3.63) is 35.5 Å². The molecule has 0 aliphatic carbocycles. The lowest BCUT2D eigenvalue weighted by atomic mass is 10.0. The number of hydrogen-bond donors (Lipinski definition) is 1. The quantitative estimate of drug-likeness (QED) is 0.817. The summed E-state index contributed by atoms with van der Waals surface area (Å²) < 4.78 is 2.32. The van der Waals surface area contributed by atoms with Crippen LogP contribution in [-0.2, 0) is 0 Å². The number of aryl methyl sites for hydroxylation is 1. The SMILES string of the molecule is Cc1cn(C(C)C)c2c(C(C)N)cccc12. The summed E-state index contributed by atoms with van der Waals surface area (Å²) in [7, 11) is 0. The Hall–Kier alpha value is -1.28. The van der Waals surface area contributed by atoms with Gasteiger partial charge in [0.15, 0.2) is 0 Å². The molecular weight excluding hydrogens is 196 g/mol. The number of nitrogens with two attached hydrogens (primary N) is 1. The Morgan fingerprint density at radius 3 is 2.44 bits per heavy atom. The summed E-state index contributed by atoms with van der Waals surface area (Å²) in [5, 5.41) is 1.32. The van der Waals surface area contributed by atoms with Crippen molar-refractivity contribution in [3.8, 4) is 0 Å². The average Bonchev–Trinajstić information content (AvgIpc) is 2.56. The fraction of sp³-hybridized carbons (Fsp3) is 0.429. The van der Waals surface area contributed by atoms with E-state index in [4.69, 9.17) is 5.73 Å². The van der Waals surface area contributed by atoms with Crippen molar-refractivity contribution in [1.82, 2.24) is 4.57 Å². The summed E-state index contributed by atoms with van der Waals surface area (Å²) in [4.78, 5) is 0. The molecule has 2 rings (SSSR count). The van der Waals surface area contributed by atoms with E-state index < -0.39 is 0 Å². The van der Waals surface area contributed by atoms with E-state index in [1.54, 1.807) is 0 Å². The molecule has 2 aromatic rings. The first-order chi connectivity index (χ1) is 7.52. The number of benzene rings is 1. The first-order valence-corrected chi connectivity index (χ1v) is 5.88. The van der Waals surface area contributed by atoms with E-state index in [-0.39, 0.29) is 6.04 Å². The van der Waals surface area contributed by atoms with E-state index in [1.807, 2.05) is 6.92 Å². The van der Waals surface area contributed by atoms with Gasteiger partial charge >= 0.3 is 0 Å². The van der Waals surface area contributed by atoms with Gasteiger partial charge in [-0.25, -0.2) is 0 Å². The van der Waals surface area contributed by atoms with Gasteiger partial charge in [-0.3, -0.25) is 0 Å². The first-order valence-electron chi connectivity index (χ1n) is 5.88. The maximum absolute atomic E-state index is 6.04. The fourth-order valence-corrected chi connectivity index (χ4v) is 2.29. The molecule has 16 heavy (non-hydrogen) atoms. The molecule has 0 aliphatic rings. The van der Waals surface area contributed by atoms with Crippen molar-refractivity contribution in [2.24, 2.45) is 5.73 Å². The maximum Gasteiger partial charge on any atom is 0.0533 e. The van der Waals surface area contributed by atoms with Crippen LogP contribution in [0.5, 0.6) is 0 Å². The van der Waals surface area contributed by atoms with Gasteiger partial charge in [0.25, 0.3) is 0 Å². The van der Waals surface area contributed by atoms with Gasteiger partial charge in [0, 0.05) is 23.7 Å². The van der Waals surface area contributed by atoms with Crippen LogP contribution in [0.1, 0.15) is 44.0 Å². The van der Waals surface area contributed by atoms with Crippen LogP contribution < -0.4 is 5.73 Å². The number of para-hydroxylation sites is 1. The molecule has 0 saturated heterocycles.